The maximum Gasteiger partial charge on any atom is 0.258 e. The molecule has 9 heteroatoms. The molecule has 0 aliphatic carbocycles. The molecule has 4 rings (SSSR count). The smallest absolute Gasteiger partial charge is 0.258 e. The van der Waals surface area contributed by atoms with Gasteiger partial charge in [-0.15, -0.1) is 0 Å². The minimum absolute atomic E-state index is 0.0649. The molecule has 0 spiro atoms. The Balaban J connectivity index is 1.59. The summed E-state index contributed by atoms with van der Waals surface area (Å²) in [5.41, 5.74) is 3.39. The fourth-order valence-electron chi connectivity index (χ4n) is 3.57. The summed E-state index contributed by atoms with van der Waals surface area (Å²) in [6.45, 7) is 6.97. The van der Waals surface area contributed by atoms with Crippen molar-refractivity contribution in [3.8, 4) is 17.1 Å². The van der Waals surface area contributed by atoms with Crippen molar-refractivity contribution in [3.63, 3.8) is 0 Å². The number of nitrogens with one attached hydrogen (secondary N) is 2. The van der Waals surface area contributed by atoms with Crippen LogP contribution in [0.25, 0.3) is 17.0 Å². The minimum atomic E-state index is -0.310. The lowest BCUT2D eigenvalue weighted by Gasteiger charge is -2.20. The summed E-state index contributed by atoms with van der Waals surface area (Å²) in [6.07, 6.45) is 8.34. The molecule has 0 bridgehead atoms. The van der Waals surface area contributed by atoms with Gasteiger partial charge in [0.2, 0.25) is 0 Å². The van der Waals surface area contributed by atoms with E-state index in [2.05, 4.69) is 26.8 Å². The largest absolute Gasteiger partial charge is 0.484 e. The maximum absolute atomic E-state index is 12.1. The molecule has 9 nitrogen and oxygen atoms in total. The van der Waals surface area contributed by atoms with Crippen molar-refractivity contribution in [2.24, 2.45) is 7.05 Å². The van der Waals surface area contributed by atoms with E-state index in [1.165, 1.54) is 0 Å². The van der Waals surface area contributed by atoms with Crippen LogP contribution in [-0.2, 0) is 16.6 Å². The fraction of sp³-hybridized carbons (Fsp3) is 0.360. The molecule has 0 atom stereocenters. The number of benzene rings is 1. The van der Waals surface area contributed by atoms with Crippen molar-refractivity contribution in [2.45, 2.75) is 32.7 Å². The van der Waals surface area contributed by atoms with Crippen LogP contribution in [0.4, 0.5) is 11.5 Å². The first-order valence-electron chi connectivity index (χ1n) is 11.2. The van der Waals surface area contributed by atoms with Gasteiger partial charge in [0.15, 0.2) is 12.4 Å². The van der Waals surface area contributed by atoms with E-state index in [4.69, 9.17) is 14.5 Å². The highest BCUT2D eigenvalue weighted by atomic mass is 16.5. The monoisotopic (exact) mass is 462 g/mol. The quantitative estimate of drug-likeness (QED) is 0.552. The summed E-state index contributed by atoms with van der Waals surface area (Å²) in [5, 5.41) is 10.5. The number of anilines is 2. The molecule has 1 aliphatic rings. The van der Waals surface area contributed by atoms with Crippen LogP contribution in [0.5, 0.6) is 5.75 Å². The second-order valence-electron chi connectivity index (χ2n) is 9.15. The summed E-state index contributed by atoms with van der Waals surface area (Å²) in [7, 11) is 1.87. The van der Waals surface area contributed by atoms with Gasteiger partial charge in [-0.1, -0.05) is 18.2 Å². The number of hydrogen-bond donors (Lipinski definition) is 2. The standard InChI is InChI=1S/C25H30N6O3/c1-25(2,3)30-22(32)16-34-20-7-5-6-18(12-20)23-26-14-21(17-8-10-33-11-9-17)24(29-23)28-19-13-27-31(4)15-19/h5-8,12-15H,9-11,16H2,1-4H3,(H,30,32)(H,26,28,29). The Hall–Kier alpha value is -3.72. The van der Waals surface area contributed by atoms with Gasteiger partial charge < -0.3 is 20.1 Å². The maximum atomic E-state index is 12.1. The number of ether oxygens (including phenoxy) is 2. The van der Waals surface area contributed by atoms with E-state index in [0.29, 0.717) is 30.6 Å². The normalized spacial score (nSPS) is 13.8. The molecule has 178 valence electrons. The molecule has 2 N–H and O–H groups in total. The highest BCUT2D eigenvalue weighted by molar-refractivity contribution is 5.79. The van der Waals surface area contributed by atoms with Crippen molar-refractivity contribution < 1.29 is 14.3 Å². The van der Waals surface area contributed by atoms with Crippen molar-refractivity contribution in [3.05, 3.63) is 54.5 Å². The van der Waals surface area contributed by atoms with Crippen LogP contribution in [0.15, 0.2) is 48.9 Å². The fourth-order valence-corrected chi connectivity index (χ4v) is 3.57. The number of carbonyl (C=O) groups is 1. The van der Waals surface area contributed by atoms with Crippen LogP contribution in [0, 0.1) is 0 Å². The summed E-state index contributed by atoms with van der Waals surface area (Å²) < 4.78 is 12.9. The molecule has 1 aliphatic heterocycles. The average molecular weight is 463 g/mol. The van der Waals surface area contributed by atoms with Crippen molar-refractivity contribution in [1.82, 2.24) is 25.1 Å². The Morgan fingerprint density at radius 3 is 2.82 bits per heavy atom. The van der Waals surface area contributed by atoms with E-state index in [9.17, 15) is 4.79 Å². The zero-order chi connectivity index (χ0) is 24.1. The molecule has 1 aromatic carbocycles. The Kier molecular flexibility index (Phi) is 6.93. The van der Waals surface area contributed by atoms with Gasteiger partial charge in [-0.2, -0.15) is 5.10 Å². The molecular formula is C25H30N6O3. The zero-order valence-corrected chi connectivity index (χ0v) is 20.0. The van der Waals surface area contributed by atoms with Crippen LogP contribution in [0.1, 0.15) is 32.8 Å². The molecule has 0 saturated carbocycles. The van der Waals surface area contributed by atoms with Crippen LogP contribution in [-0.4, -0.2) is 51.0 Å². The summed E-state index contributed by atoms with van der Waals surface area (Å²) in [5.74, 6) is 1.64. The molecule has 2 aromatic heterocycles. The summed E-state index contributed by atoms with van der Waals surface area (Å²) in [4.78, 5) is 21.6. The van der Waals surface area contributed by atoms with Crippen molar-refractivity contribution in [2.75, 3.05) is 25.1 Å². The SMILES string of the molecule is Cn1cc(Nc2nc(-c3cccc(OCC(=O)NC(C)(C)C)c3)ncc2C2=CCOCC2)cn1. The molecular weight excluding hydrogens is 432 g/mol. The Labute approximate surface area is 199 Å². The number of hydrogen-bond acceptors (Lipinski definition) is 7. The first-order valence-corrected chi connectivity index (χ1v) is 11.2. The molecule has 3 heterocycles. The van der Waals surface area contributed by atoms with Crippen LogP contribution < -0.4 is 15.4 Å². The summed E-state index contributed by atoms with van der Waals surface area (Å²) >= 11 is 0. The van der Waals surface area contributed by atoms with Gasteiger partial charge in [0.05, 0.1) is 25.1 Å². The van der Waals surface area contributed by atoms with Gasteiger partial charge in [0.1, 0.15) is 11.6 Å². The number of nitrogens with zero attached hydrogens (tertiary/aromatic N) is 4. The van der Waals surface area contributed by atoms with E-state index in [1.54, 1.807) is 10.9 Å². The lowest BCUT2D eigenvalue weighted by Crippen LogP contribution is -2.43. The lowest BCUT2D eigenvalue weighted by atomic mass is 10.0. The van der Waals surface area contributed by atoms with Crippen LogP contribution >= 0.6 is 0 Å². The van der Waals surface area contributed by atoms with Gasteiger partial charge in [-0.3, -0.25) is 9.48 Å². The Morgan fingerprint density at radius 2 is 2.12 bits per heavy atom. The second-order valence-corrected chi connectivity index (χ2v) is 9.15. The average Bonchev–Trinajstić information content (AvgIpc) is 3.22. The lowest BCUT2D eigenvalue weighted by molar-refractivity contribution is -0.124. The van der Waals surface area contributed by atoms with E-state index in [0.717, 1.165) is 28.8 Å². The summed E-state index contributed by atoms with van der Waals surface area (Å²) in [6, 6.07) is 7.42. The highest BCUT2D eigenvalue weighted by Gasteiger charge is 2.17. The number of aromatic nitrogens is 4. The first-order chi connectivity index (χ1) is 16.3. The van der Waals surface area contributed by atoms with E-state index in [-0.39, 0.29) is 18.1 Å². The van der Waals surface area contributed by atoms with E-state index in [1.807, 2.05) is 64.5 Å². The first kappa shape index (κ1) is 23.4. The Bertz CT molecular complexity index is 1200. The predicted octanol–water partition coefficient (Wildman–Crippen LogP) is 3.72. The molecule has 0 radical (unpaired) electrons. The molecule has 3 aromatic rings. The molecule has 1 amide bonds. The number of rotatable bonds is 7. The van der Waals surface area contributed by atoms with Gasteiger partial charge in [0.25, 0.3) is 5.91 Å². The number of amides is 1. The van der Waals surface area contributed by atoms with Crippen LogP contribution in [0.3, 0.4) is 0 Å². The highest BCUT2D eigenvalue weighted by Crippen LogP contribution is 2.31. The van der Waals surface area contributed by atoms with Crippen LogP contribution in [0.2, 0.25) is 0 Å². The van der Waals surface area contributed by atoms with Crippen molar-refractivity contribution >= 4 is 23.0 Å². The molecule has 0 saturated heterocycles. The molecule has 34 heavy (non-hydrogen) atoms. The minimum Gasteiger partial charge on any atom is -0.484 e. The van der Waals surface area contributed by atoms with E-state index >= 15 is 0 Å². The van der Waals surface area contributed by atoms with E-state index < -0.39 is 0 Å². The van der Waals surface area contributed by atoms with Gasteiger partial charge >= 0.3 is 0 Å². The number of carbonyl (C=O) groups excluding carboxylic acids is 1. The Morgan fingerprint density at radius 1 is 1.26 bits per heavy atom. The zero-order valence-electron chi connectivity index (χ0n) is 20.0. The third kappa shape index (κ3) is 6.20. The molecule has 0 unspecified atom stereocenters. The second kappa shape index (κ2) is 10.0. The third-order valence-electron chi connectivity index (χ3n) is 5.04. The van der Waals surface area contributed by atoms with Gasteiger partial charge in [-0.05, 0) is 44.9 Å². The number of aryl methyl sites for hydroxylation is 1. The van der Waals surface area contributed by atoms with Gasteiger partial charge in [-0.25, -0.2) is 9.97 Å². The third-order valence-corrected chi connectivity index (χ3v) is 5.04. The van der Waals surface area contributed by atoms with Gasteiger partial charge in [0, 0.05) is 36.1 Å². The van der Waals surface area contributed by atoms with Crippen molar-refractivity contribution in [1.29, 1.82) is 0 Å². The topological polar surface area (TPSA) is 103 Å². The molecule has 0 fully saturated rings. The predicted molar refractivity (Wildman–Crippen MR) is 131 cm³/mol.